The molecule has 4 rings (SSSR count). The number of ether oxygens (including phenoxy) is 1. The van der Waals surface area contributed by atoms with Crippen LogP contribution in [0.4, 0.5) is 0 Å². The maximum absolute atomic E-state index is 12.7. The van der Waals surface area contributed by atoms with Crippen LogP contribution in [-0.2, 0) is 6.42 Å². The van der Waals surface area contributed by atoms with E-state index in [4.69, 9.17) is 4.74 Å². The number of hydrogen-bond acceptors (Lipinski definition) is 5. The van der Waals surface area contributed by atoms with E-state index in [9.17, 15) is 19.8 Å². The number of aldehydes is 1. The molecule has 0 radical (unpaired) electrons. The highest BCUT2D eigenvalue weighted by molar-refractivity contribution is 6.05. The SMILES string of the molecule is CC(C)CC(=O)c1c(O)c(C=O)c2c(c1O)C[C@H]1CC[C@H]3[C@H](C3(C)C)[C@@]1(C)O2. The molecule has 5 nitrogen and oxygen atoms in total. The first-order valence-electron chi connectivity index (χ1n) is 10.3. The zero-order valence-corrected chi connectivity index (χ0v) is 17.3. The van der Waals surface area contributed by atoms with Gasteiger partial charge in [-0.05, 0) is 43.4 Å². The third-order valence-electron chi connectivity index (χ3n) is 7.60. The zero-order valence-electron chi connectivity index (χ0n) is 17.3. The predicted octanol–water partition coefficient (Wildman–Crippen LogP) is 4.51. The number of aromatic hydroxyl groups is 2. The summed E-state index contributed by atoms with van der Waals surface area (Å²) in [5.74, 6) is 0.510. The van der Waals surface area contributed by atoms with E-state index in [2.05, 4.69) is 20.8 Å². The Bertz CT molecular complexity index is 868. The molecular weight excluding hydrogens is 356 g/mol. The number of phenols is 2. The van der Waals surface area contributed by atoms with Gasteiger partial charge in [0.2, 0.25) is 0 Å². The quantitative estimate of drug-likeness (QED) is 0.587. The molecule has 0 saturated heterocycles. The number of carbonyl (C=O) groups is 2. The molecule has 4 atom stereocenters. The van der Waals surface area contributed by atoms with Crippen molar-refractivity contribution < 1.29 is 24.5 Å². The minimum Gasteiger partial charge on any atom is -0.507 e. The molecule has 1 aliphatic heterocycles. The van der Waals surface area contributed by atoms with Crippen molar-refractivity contribution in [3.8, 4) is 17.2 Å². The van der Waals surface area contributed by atoms with Crippen molar-refractivity contribution in [1.29, 1.82) is 0 Å². The number of hydrogen-bond donors (Lipinski definition) is 2. The molecule has 2 fully saturated rings. The van der Waals surface area contributed by atoms with Gasteiger partial charge in [-0.3, -0.25) is 9.59 Å². The Labute approximate surface area is 166 Å². The molecule has 0 unspecified atom stereocenters. The maximum atomic E-state index is 12.7. The van der Waals surface area contributed by atoms with Crippen LogP contribution in [0.2, 0.25) is 0 Å². The first-order chi connectivity index (χ1) is 13.0. The van der Waals surface area contributed by atoms with Crippen molar-refractivity contribution in [3.05, 3.63) is 16.7 Å². The number of ketones is 1. The standard InChI is InChI=1S/C23H30O5/c1-11(2)8-16(25)17-18(26)13-9-12-6-7-15-21(22(15,3)4)23(12,5)28-20(13)14(10-24)19(17)27/h10-12,15,21,26-27H,6-9H2,1-5H3/t12-,15+,21-,23+/m1/s1. The van der Waals surface area contributed by atoms with Gasteiger partial charge in [0.05, 0.1) is 5.56 Å². The van der Waals surface area contributed by atoms with Crippen LogP contribution in [0.25, 0.3) is 0 Å². The average Bonchev–Trinajstić information content (AvgIpc) is 3.16. The Morgan fingerprint density at radius 2 is 1.89 bits per heavy atom. The molecule has 152 valence electrons. The van der Waals surface area contributed by atoms with Crippen molar-refractivity contribution >= 4 is 12.1 Å². The lowest BCUT2D eigenvalue weighted by Gasteiger charge is -2.46. The van der Waals surface area contributed by atoms with Crippen molar-refractivity contribution in [2.45, 2.75) is 65.9 Å². The summed E-state index contributed by atoms with van der Waals surface area (Å²) < 4.78 is 6.45. The summed E-state index contributed by atoms with van der Waals surface area (Å²) in [5, 5.41) is 21.6. The highest BCUT2D eigenvalue weighted by atomic mass is 16.5. The summed E-state index contributed by atoms with van der Waals surface area (Å²) in [6.45, 7) is 10.4. The van der Waals surface area contributed by atoms with E-state index in [0.717, 1.165) is 12.8 Å². The number of phenolic OH excluding ortho intramolecular Hbond substituents is 2. The Morgan fingerprint density at radius 1 is 1.21 bits per heavy atom. The van der Waals surface area contributed by atoms with Crippen molar-refractivity contribution in [2.24, 2.45) is 29.1 Å². The monoisotopic (exact) mass is 386 g/mol. The second-order valence-electron chi connectivity index (χ2n) is 10.1. The van der Waals surface area contributed by atoms with Crippen LogP contribution in [-0.4, -0.2) is 27.9 Å². The molecule has 2 saturated carbocycles. The smallest absolute Gasteiger partial charge is 0.170 e. The Kier molecular flexibility index (Phi) is 4.12. The minimum atomic E-state index is -0.457. The van der Waals surface area contributed by atoms with Gasteiger partial charge in [0, 0.05) is 23.8 Å². The Morgan fingerprint density at radius 3 is 2.50 bits per heavy atom. The third-order valence-corrected chi connectivity index (χ3v) is 7.60. The van der Waals surface area contributed by atoms with Gasteiger partial charge >= 0.3 is 0 Å². The number of benzene rings is 1. The van der Waals surface area contributed by atoms with Gasteiger partial charge in [0.15, 0.2) is 12.1 Å². The zero-order chi connectivity index (χ0) is 20.6. The molecule has 1 heterocycles. The topological polar surface area (TPSA) is 83.8 Å². The third kappa shape index (κ3) is 2.44. The largest absolute Gasteiger partial charge is 0.507 e. The lowest BCUT2D eigenvalue weighted by Crippen LogP contribution is -2.50. The van der Waals surface area contributed by atoms with Crippen LogP contribution in [0.3, 0.4) is 0 Å². The van der Waals surface area contributed by atoms with E-state index in [1.54, 1.807) is 0 Å². The number of rotatable bonds is 4. The van der Waals surface area contributed by atoms with Gasteiger partial charge in [-0.15, -0.1) is 0 Å². The van der Waals surface area contributed by atoms with E-state index in [-0.39, 0.29) is 52.1 Å². The van der Waals surface area contributed by atoms with E-state index < -0.39 is 11.4 Å². The molecule has 0 amide bonds. The summed E-state index contributed by atoms with van der Waals surface area (Å²) in [6.07, 6.45) is 3.42. The second-order valence-corrected chi connectivity index (χ2v) is 10.1. The molecule has 0 spiro atoms. The van der Waals surface area contributed by atoms with E-state index >= 15 is 0 Å². The van der Waals surface area contributed by atoms with Crippen molar-refractivity contribution in [2.75, 3.05) is 0 Å². The molecule has 28 heavy (non-hydrogen) atoms. The van der Waals surface area contributed by atoms with Gasteiger partial charge in [0.1, 0.15) is 28.4 Å². The molecule has 2 N–H and O–H groups in total. The van der Waals surface area contributed by atoms with E-state index in [1.807, 2.05) is 13.8 Å². The molecule has 2 aliphatic carbocycles. The lowest BCUT2D eigenvalue weighted by atomic mass is 9.70. The number of Topliss-reactive ketones (excluding diaryl/α,β-unsaturated/α-hetero) is 1. The predicted molar refractivity (Wildman–Crippen MR) is 105 cm³/mol. The molecule has 1 aromatic rings. The Hall–Kier alpha value is -2.04. The summed E-state index contributed by atoms with van der Waals surface area (Å²) >= 11 is 0. The normalized spacial score (nSPS) is 32.0. The maximum Gasteiger partial charge on any atom is 0.170 e. The van der Waals surface area contributed by atoms with Crippen LogP contribution in [0.5, 0.6) is 17.2 Å². The number of fused-ring (bicyclic) bond motifs is 4. The molecule has 1 aromatic carbocycles. The lowest BCUT2D eigenvalue weighted by molar-refractivity contribution is -0.0401. The second kappa shape index (κ2) is 5.98. The van der Waals surface area contributed by atoms with Gasteiger partial charge in [-0.2, -0.15) is 0 Å². The number of carbonyl (C=O) groups excluding carboxylic acids is 2. The van der Waals surface area contributed by atoms with Gasteiger partial charge in [-0.25, -0.2) is 0 Å². The molecule has 3 aliphatic rings. The highest BCUT2D eigenvalue weighted by Crippen LogP contribution is 2.71. The molecular formula is C23H30O5. The van der Waals surface area contributed by atoms with Crippen LogP contribution in [0, 0.1) is 29.1 Å². The Balaban J connectivity index is 1.84. The first-order valence-corrected chi connectivity index (χ1v) is 10.3. The van der Waals surface area contributed by atoms with E-state index in [0.29, 0.717) is 30.1 Å². The molecule has 0 aromatic heterocycles. The summed E-state index contributed by atoms with van der Waals surface area (Å²) in [7, 11) is 0. The van der Waals surface area contributed by atoms with Crippen LogP contribution < -0.4 is 4.74 Å². The molecule has 5 heteroatoms. The van der Waals surface area contributed by atoms with Gasteiger partial charge in [-0.1, -0.05) is 27.7 Å². The fraction of sp³-hybridized carbons (Fsp3) is 0.652. The average molecular weight is 386 g/mol. The van der Waals surface area contributed by atoms with Gasteiger partial charge < -0.3 is 14.9 Å². The van der Waals surface area contributed by atoms with Crippen LogP contribution in [0.1, 0.15) is 80.2 Å². The van der Waals surface area contributed by atoms with E-state index in [1.165, 1.54) is 0 Å². The van der Waals surface area contributed by atoms with Crippen LogP contribution in [0.15, 0.2) is 0 Å². The first kappa shape index (κ1) is 19.3. The van der Waals surface area contributed by atoms with Crippen molar-refractivity contribution in [1.82, 2.24) is 0 Å². The highest BCUT2D eigenvalue weighted by Gasteiger charge is 2.70. The summed E-state index contributed by atoms with van der Waals surface area (Å²) in [5.41, 5.74) is 0.104. The van der Waals surface area contributed by atoms with Gasteiger partial charge in [0.25, 0.3) is 0 Å². The fourth-order valence-electron chi connectivity index (χ4n) is 6.19. The summed E-state index contributed by atoms with van der Waals surface area (Å²) in [4.78, 5) is 24.5. The summed E-state index contributed by atoms with van der Waals surface area (Å²) in [6, 6.07) is 0. The minimum absolute atomic E-state index is 0.0137. The fourth-order valence-corrected chi connectivity index (χ4v) is 6.19. The molecule has 0 bridgehead atoms. The van der Waals surface area contributed by atoms with Crippen molar-refractivity contribution in [3.63, 3.8) is 0 Å². The van der Waals surface area contributed by atoms with Crippen LogP contribution >= 0.6 is 0 Å².